The number of nitriles is 1. The van der Waals surface area contributed by atoms with Crippen LogP contribution in [0.3, 0.4) is 0 Å². The first kappa shape index (κ1) is 16.8. The Hall–Kier alpha value is -2.56. The molecule has 0 N–H and O–H groups in total. The van der Waals surface area contributed by atoms with Crippen LogP contribution in [0.4, 0.5) is 13.2 Å². The van der Waals surface area contributed by atoms with Crippen LogP contribution in [0.1, 0.15) is 23.2 Å². The summed E-state index contributed by atoms with van der Waals surface area (Å²) in [6.07, 6.45) is -3.18. The molecule has 5 nitrogen and oxygen atoms in total. The number of rotatable bonds is 4. The number of Topliss-reactive ketones (excluding diaryl/α,β-unsaturated/α-hetero) is 1. The molecule has 2 rings (SSSR count). The molecule has 1 saturated heterocycles. The zero-order valence-electron chi connectivity index (χ0n) is 12.0. The first-order chi connectivity index (χ1) is 10.8. The Morgan fingerprint density at radius 3 is 2.22 bits per heavy atom. The van der Waals surface area contributed by atoms with E-state index in [1.807, 2.05) is 0 Å². The van der Waals surface area contributed by atoms with Crippen LogP contribution >= 0.6 is 0 Å². The van der Waals surface area contributed by atoms with Gasteiger partial charge in [-0.2, -0.15) is 5.26 Å². The molecule has 1 atom stereocenters. The third-order valence-electron chi connectivity index (χ3n) is 3.43. The fourth-order valence-electron chi connectivity index (χ4n) is 2.33. The van der Waals surface area contributed by atoms with E-state index < -0.39 is 29.7 Å². The number of ketones is 1. The van der Waals surface area contributed by atoms with Gasteiger partial charge in [0.05, 0.1) is 6.07 Å². The van der Waals surface area contributed by atoms with Crippen LogP contribution in [0.15, 0.2) is 24.3 Å². The van der Waals surface area contributed by atoms with Crippen molar-refractivity contribution in [2.24, 2.45) is 5.92 Å². The summed E-state index contributed by atoms with van der Waals surface area (Å²) < 4.78 is 39.9. The molecular formula is C15H13F3N2O3. The average Bonchev–Trinajstić information content (AvgIpc) is 3.01. The van der Waals surface area contributed by atoms with E-state index >= 15 is 0 Å². The maximum atomic E-state index is 12.2. The maximum absolute atomic E-state index is 12.2. The molecule has 8 heteroatoms. The van der Waals surface area contributed by atoms with E-state index in [9.17, 15) is 22.8 Å². The van der Waals surface area contributed by atoms with Crippen molar-refractivity contribution < 1.29 is 27.5 Å². The van der Waals surface area contributed by atoms with E-state index in [4.69, 9.17) is 5.26 Å². The van der Waals surface area contributed by atoms with Gasteiger partial charge in [-0.3, -0.25) is 9.59 Å². The molecule has 1 aromatic rings. The fraction of sp³-hybridized carbons (Fsp3) is 0.400. The highest BCUT2D eigenvalue weighted by molar-refractivity contribution is 6.12. The van der Waals surface area contributed by atoms with Gasteiger partial charge in [0.15, 0.2) is 11.7 Å². The van der Waals surface area contributed by atoms with Gasteiger partial charge in [-0.15, -0.1) is 13.2 Å². The van der Waals surface area contributed by atoms with Gasteiger partial charge < -0.3 is 9.64 Å². The molecular weight excluding hydrogens is 313 g/mol. The first-order valence-corrected chi connectivity index (χ1v) is 6.90. The van der Waals surface area contributed by atoms with Gasteiger partial charge in [0.1, 0.15) is 5.75 Å². The highest BCUT2D eigenvalue weighted by atomic mass is 19.4. The van der Waals surface area contributed by atoms with E-state index in [-0.39, 0.29) is 5.56 Å². The van der Waals surface area contributed by atoms with Crippen LogP contribution in [0.2, 0.25) is 0 Å². The molecule has 0 unspecified atom stereocenters. The molecule has 1 aliphatic rings. The standard InChI is InChI=1S/C15H13F3N2O3/c16-15(17,18)23-11-5-3-10(4-6-11)13(21)12(9-19)14(22)20-7-1-2-8-20/h3-6,12H,1-2,7-8H2/t12-/m0/s1. The van der Waals surface area contributed by atoms with Crippen molar-refractivity contribution in [2.75, 3.05) is 13.1 Å². The second-order valence-corrected chi connectivity index (χ2v) is 5.03. The minimum Gasteiger partial charge on any atom is -0.406 e. The number of nitrogens with zero attached hydrogens (tertiary/aromatic N) is 2. The summed E-state index contributed by atoms with van der Waals surface area (Å²) in [5.74, 6) is -3.26. The van der Waals surface area contributed by atoms with E-state index in [1.165, 1.54) is 4.90 Å². The Bertz CT molecular complexity index is 629. The van der Waals surface area contributed by atoms with Crippen LogP contribution in [-0.4, -0.2) is 36.0 Å². The predicted octanol–water partition coefficient (Wildman–Crippen LogP) is 2.53. The lowest BCUT2D eigenvalue weighted by Gasteiger charge is -2.18. The number of halogens is 3. The molecule has 0 aliphatic carbocycles. The highest BCUT2D eigenvalue weighted by Gasteiger charge is 2.33. The number of benzene rings is 1. The maximum Gasteiger partial charge on any atom is 0.573 e. The van der Waals surface area contributed by atoms with Gasteiger partial charge in [0.25, 0.3) is 0 Å². The molecule has 0 spiro atoms. The van der Waals surface area contributed by atoms with Crippen molar-refractivity contribution in [1.29, 1.82) is 5.26 Å². The number of carbonyl (C=O) groups is 2. The van der Waals surface area contributed by atoms with Crippen molar-refractivity contribution >= 4 is 11.7 Å². The molecule has 1 heterocycles. The van der Waals surface area contributed by atoms with Gasteiger partial charge >= 0.3 is 6.36 Å². The van der Waals surface area contributed by atoms with Crippen molar-refractivity contribution in [2.45, 2.75) is 19.2 Å². The van der Waals surface area contributed by atoms with Gasteiger partial charge in [0, 0.05) is 18.7 Å². The predicted molar refractivity (Wildman–Crippen MR) is 72.4 cm³/mol. The van der Waals surface area contributed by atoms with Gasteiger partial charge in [0.2, 0.25) is 5.91 Å². The van der Waals surface area contributed by atoms with Crippen molar-refractivity contribution in [1.82, 2.24) is 4.90 Å². The average molecular weight is 326 g/mol. The van der Waals surface area contributed by atoms with Crippen LogP contribution in [-0.2, 0) is 4.79 Å². The molecule has 0 aromatic heterocycles. The number of carbonyl (C=O) groups excluding carboxylic acids is 2. The second-order valence-electron chi connectivity index (χ2n) is 5.03. The summed E-state index contributed by atoms with van der Waals surface area (Å²) in [6, 6.07) is 5.82. The SMILES string of the molecule is N#C[C@@H](C(=O)c1ccc(OC(F)(F)F)cc1)C(=O)N1CCCC1. The molecule has 1 aromatic carbocycles. The summed E-state index contributed by atoms with van der Waals surface area (Å²) in [5.41, 5.74) is -0.0152. The zero-order valence-corrected chi connectivity index (χ0v) is 12.0. The lowest BCUT2D eigenvalue weighted by molar-refractivity contribution is -0.274. The number of hydrogen-bond acceptors (Lipinski definition) is 4. The third kappa shape index (κ3) is 4.22. The van der Waals surface area contributed by atoms with Crippen LogP contribution in [0, 0.1) is 17.2 Å². The number of hydrogen-bond donors (Lipinski definition) is 0. The Morgan fingerprint density at radius 2 is 1.74 bits per heavy atom. The lowest BCUT2D eigenvalue weighted by atomic mass is 9.97. The largest absolute Gasteiger partial charge is 0.573 e. The fourth-order valence-corrected chi connectivity index (χ4v) is 2.33. The molecule has 0 saturated carbocycles. The minimum absolute atomic E-state index is 0.0152. The second kappa shape index (κ2) is 6.69. The molecule has 1 aliphatic heterocycles. The number of likely N-dealkylation sites (tertiary alicyclic amines) is 1. The molecule has 23 heavy (non-hydrogen) atoms. The van der Waals surface area contributed by atoms with Gasteiger partial charge in [-0.25, -0.2) is 0 Å². The topological polar surface area (TPSA) is 70.4 Å². The molecule has 1 fully saturated rings. The number of amides is 1. The quantitative estimate of drug-likeness (QED) is 0.630. The Labute approximate surface area is 130 Å². The smallest absolute Gasteiger partial charge is 0.406 e. The molecule has 122 valence electrons. The normalized spacial score (nSPS) is 15.8. The highest BCUT2D eigenvalue weighted by Crippen LogP contribution is 2.24. The molecule has 0 radical (unpaired) electrons. The zero-order chi connectivity index (χ0) is 17.0. The van der Waals surface area contributed by atoms with E-state index in [1.54, 1.807) is 6.07 Å². The van der Waals surface area contributed by atoms with Crippen molar-refractivity contribution in [3.8, 4) is 11.8 Å². The van der Waals surface area contributed by atoms with Crippen molar-refractivity contribution in [3.05, 3.63) is 29.8 Å². The Morgan fingerprint density at radius 1 is 1.17 bits per heavy atom. The summed E-state index contributed by atoms with van der Waals surface area (Å²) in [4.78, 5) is 25.8. The summed E-state index contributed by atoms with van der Waals surface area (Å²) in [5, 5.41) is 9.10. The third-order valence-corrected chi connectivity index (χ3v) is 3.43. The summed E-state index contributed by atoms with van der Waals surface area (Å²) >= 11 is 0. The molecule has 1 amide bonds. The summed E-state index contributed by atoms with van der Waals surface area (Å²) in [7, 11) is 0. The van der Waals surface area contributed by atoms with Crippen LogP contribution < -0.4 is 4.74 Å². The minimum atomic E-state index is -4.83. The first-order valence-electron chi connectivity index (χ1n) is 6.90. The van der Waals surface area contributed by atoms with Gasteiger partial charge in [-0.1, -0.05) is 0 Å². The van der Waals surface area contributed by atoms with Crippen LogP contribution in [0.25, 0.3) is 0 Å². The number of ether oxygens (including phenoxy) is 1. The van der Waals surface area contributed by atoms with Crippen LogP contribution in [0.5, 0.6) is 5.75 Å². The van der Waals surface area contributed by atoms with E-state index in [0.717, 1.165) is 37.1 Å². The number of alkyl halides is 3. The van der Waals surface area contributed by atoms with Crippen molar-refractivity contribution in [3.63, 3.8) is 0 Å². The molecule has 0 bridgehead atoms. The lowest BCUT2D eigenvalue weighted by Crippen LogP contribution is -2.37. The monoisotopic (exact) mass is 326 g/mol. The van der Waals surface area contributed by atoms with E-state index in [0.29, 0.717) is 13.1 Å². The Balaban J connectivity index is 2.11. The summed E-state index contributed by atoms with van der Waals surface area (Å²) in [6.45, 7) is 1.01. The van der Waals surface area contributed by atoms with Gasteiger partial charge in [-0.05, 0) is 37.1 Å². The van der Waals surface area contributed by atoms with E-state index in [2.05, 4.69) is 4.74 Å². The Kier molecular flexibility index (Phi) is 4.89.